The maximum absolute atomic E-state index is 8.06. The molecule has 0 aliphatic rings. The van der Waals surface area contributed by atoms with Crippen molar-refractivity contribution in [2.45, 2.75) is 0 Å². The van der Waals surface area contributed by atoms with E-state index in [1.807, 2.05) is 0 Å². The second-order valence-electron chi connectivity index (χ2n) is 0. The predicted molar refractivity (Wildman–Crippen MR) is 16.6 cm³/mol. The molecule has 1 nitrogen and oxygen atoms in total. The molecule has 21 valence electrons. The van der Waals surface area contributed by atoms with E-state index in [1.54, 1.807) is 15.9 Å². The van der Waals surface area contributed by atoms with E-state index in [2.05, 4.69) is 0 Å². The smallest absolute Gasteiger partial charge is 2.00 e. The summed E-state index contributed by atoms with van der Waals surface area (Å²) < 4.78 is 8.06. The van der Waals surface area contributed by atoms with Gasteiger partial charge >= 0.3 is 103 Å². The molecule has 0 N–H and O–H groups in total. The normalized spacial score (nSPS) is 1.00. The van der Waals surface area contributed by atoms with Gasteiger partial charge in [0.15, 0.2) is 0 Å². The van der Waals surface area contributed by atoms with Crippen molar-refractivity contribution in [1.82, 2.24) is 0 Å². The van der Waals surface area contributed by atoms with Crippen molar-refractivity contribution in [2.75, 3.05) is 0 Å². The number of rotatable bonds is 0. The molecule has 0 fully saturated rings. The average Bonchev–Trinajstić information content (AvgIpc) is 1.00. The van der Waals surface area contributed by atoms with Crippen LogP contribution in [0.15, 0.2) is 0 Å². The van der Waals surface area contributed by atoms with Crippen LogP contribution in [0.2, 0.25) is 0 Å². The van der Waals surface area contributed by atoms with Gasteiger partial charge < -0.3 is 5.71 Å². The van der Waals surface area contributed by atoms with Gasteiger partial charge in [0.2, 0.25) is 0 Å². The topological polar surface area (TPSA) is 17.1 Å². The van der Waals surface area contributed by atoms with Crippen LogP contribution in [0.3, 0.4) is 0 Å². The van der Waals surface area contributed by atoms with Crippen LogP contribution in [0.4, 0.5) is 0 Å². The van der Waals surface area contributed by atoms with E-state index in [1.165, 1.54) is 0 Å². The molecule has 0 rings (SSSR count). The fourth-order valence-electron chi connectivity index (χ4n) is 0. The molecule has 0 radical (unpaired) electrons. The Labute approximate surface area is 106 Å². The van der Waals surface area contributed by atoms with Crippen molar-refractivity contribution in [1.29, 1.82) is 0 Å². The molecule has 0 amide bonds. The van der Waals surface area contributed by atoms with Crippen molar-refractivity contribution in [3.05, 3.63) is 0 Å². The van der Waals surface area contributed by atoms with Crippen LogP contribution >= 0.6 is 0 Å². The zero-order valence-electron chi connectivity index (χ0n) is 6.20. The quantitative estimate of drug-likeness (QED) is 0.487. The van der Waals surface area contributed by atoms with Crippen LogP contribution in [0.5, 0.6) is 0 Å². The van der Waals surface area contributed by atoms with E-state index in [0.717, 1.165) is 0 Å². The largest absolute Gasteiger partial charge is 2.00 e. The maximum atomic E-state index is 8.06. The van der Waals surface area contributed by atoms with Gasteiger partial charge in [-0.2, -0.15) is 0 Å². The molecule has 0 aliphatic carbocycles. The molecule has 0 aromatic rings. The summed E-state index contributed by atoms with van der Waals surface area (Å²) in [5, 5.41) is 0. The summed E-state index contributed by atoms with van der Waals surface area (Å²) >= 11 is 1.69. The van der Waals surface area contributed by atoms with Gasteiger partial charge in [0.25, 0.3) is 0 Å². The van der Waals surface area contributed by atoms with Crippen LogP contribution in [0.1, 0.15) is 5.71 Å². The van der Waals surface area contributed by atoms with Crippen LogP contribution in [-0.4, -0.2) is 83.2 Å². The molecule has 0 saturated carbocycles. The minimum Gasteiger partial charge on any atom is 2.00 e. The molecule has 4 heavy (non-hydrogen) atoms. The van der Waals surface area contributed by atoms with Gasteiger partial charge in [0, 0.05) is 0 Å². The minimum absolute atomic E-state index is 0. The molecule has 0 unspecified atom stereocenters. The Hall–Kier alpha value is 3.06. The Morgan fingerprint density at radius 2 is 1.50 bits per heavy atom. The van der Waals surface area contributed by atoms with E-state index >= 15 is 0 Å². The minimum atomic E-state index is 0. The monoisotopic (exact) mass is 203 g/mol. The number of hydrogen-bond acceptors (Lipinski definition) is 1. The van der Waals surface area contributed by atoms with E-state index < -0.39 is 0 Å². The first-order valence-corrected chi connectivity index (χ1v) is 0.636. The van der Waals surface area contributed by atoms with Crippen molar-refractivity contribution in [3.8, 4) is 0 Å². The van der Waals surface area contributed by atoms with Gasteiger partial charge in [0.1, 0.15) is 0 Å². The first kappa shape index (κ1) is 15.7. The third-order valence-corrected chi connectivity index (χ3v) is 0. The molecule has 0 spiro atoms. The van der Waals surface area contributed by atoms with Crippen molar-refractivity contribution in [3.63, 3.8) is 0 Å². The van der Waals surface area contributed by atoms with Crippen LogP contribution in [0.25, 0.3) is 0 Å². The van der Waals surface area contributed by atoms with Gasteiger partial charge in [-0.1, -0.05) is 0 Å². The second-order valence-corrected chi connectivity index (χ2v) is 0. The van der Waals surface area contributed by atoms with Gasteiger partial charge in [0.05, 0.1) is 0 Å². The predicted octanol–water partition coefficient (Wildman–Crippen LogP) is -0.433. The zero-order chi connectivity index (χ0) is 2.00. The van der Waals surface area contributed by atoms with Crippen LogP contribution in [-0.2, 0) is 19.8 Å². The maximum Gasteiger partial charge on any atom is 2.00 e. The summed E-state index contributed by atoms with van der Waals surface area (Å²) in [5.41, 5.74) is 0. The molecule has 0 bridgehead atoms. The summed E-state index contributed by atoms with van der Waals surface area (Å²) in [6.07, 6.45) is 0. The molecule has 0 aromatic carbocycles. The summed E-state index contributed by atoms with van der Waals surface area (Å²) in [6.45, 7) is 0. The summed E-state index contributed by atoms with van der Waals surface area (Å²) in [4.78, 5) is 0. The van der Waals surface area contributed by atoms with Crippen LogP contribution < -0.4 is 0 Å². The molecule has 4 heteroatoms. The van der Waals surface area contributed by atoms with E-state index in [0.29, 0.717) is 0 Å². The van der Waals surface area contributed by atoms with Gasteiger partial charge in [-0.3, -0.25) is 0 Å². The van der Waals surface area contributed by atoms with Crippen LogP contribution in [0, 0.1) is 0 Å². The molecule has 0 aromatic heterocycles. The van der Waals surface area contributed by atoms with E-state index in [4.69, 9.17) is 3.83 Å². The molecular formula is H4CaMnOSr. The van der Waals surface area contributed by atoms with Gasteiger partial charge in [-0.15, -0.1) is 0 Å². The Bertz CT molecular complexity index is 16.0. The molecule has 0 saturated heterocycles. The van der Waals surface area contributed by atoms with Gasteiger partial charge in [-0.05, 0) is 0 Å². The SMILES string of the molecule is [Ca+2].[H-].[H-].[H-].[H-].[O]=[Mn].[Sr+2]. The third kappa shape index (κ3) is 8.91. The molecule has 0 atom stereocenters. The summed E-state index contributed by atoms with van der Waals surface area (Å²) in [7, 11) is 0. The fraction of sp³-hybridized carbons (Fsp3) is 0. The number of hydrogen-bond donors (Lipinski definition) is 0. The molecule has 0 heterocycles. The Balaban J connectivity index is -0.000000000333. The van der Waals surface area contributed by atoms with Crippen molar-refractivity contribution in [2.24, 2.45) is 0 Å². The third-order valence-electron chi connectivity index (χ3n) is 0. The van der Waals surface area contributed by atoms with E-state index in [9.17, 15) is 0 Å². The second kappa shape index (κ2) is 16.6. The summed E-state index contributed by atoms with van der Waals surface area (Å²) in [6, 6.07) is 0. The zero-order valence-corrected chi connectivity index (χ0v) is 9.07. The Morgan fingerprint density at radius 1 is 1.50 bits per heavy atom. The van der Waals surface area contributed by atoms with E-state index in [-0.39, 0.29) is 88.9 Å². The van der Waals surface area contributed by atoms with Gasteiger partial charge in [-0.25, -0.2) is 0 Å². The molecular weight excluding hydrogens is 199 g/mol. The Kier molecular flexibility index (Phi) is 65.2. The van der Waals surface area contributed by atoms with Crippen molar-refractivity contribution >= 4 is 83.2 Å². The average molecular weight is 203 g/mol. The van der Waals surface area contributed by atoms with Crippen molar-refractivity contribution < 1.29 is 25.5 Å². The fourth-order valence-corrected chi connectivity index (χ4v) is 0. The first-order chi connectivity index (χ1) is 1.00. The Morgan fingerprint density at radius 3 is 1.50 bits per heavy atom. The summed E-state index contributed by atoms with van der Waals surface area (Å²) in [5.74, 6) is 0. The first-order valence-electron chi connectivity index (χ1n) is 0.154. The molecule has 0 aliphatic heterocycles. The standard InChI is InChI=1S/Ca.Mn.O.Sr.4H/q+2;;;+2;4*-1.